The first-order chi connectivity index (χ1) is 12.1. The summed E-state index contributed by atoms with van der Waals surface area (Å²) in [5, 5.41) is 17.5. The van der Waals surface area contributed by atoms with Gasteiger partial charge in [0.1, 0.15) is 6.33 Å². The molecule has 3 rings (SSSR count). The van der Waals surface area contributed by atoms with Crippen molar-refractivity contribution in [2.75, 3.05) is 10.6 Å². The van der Waals surface area contributed by atoms with Gasteiger partial charge in [0.05, 0.1) is 4.92 Å². The molecule has 0 bridgehead atoms. The molecule has 1 aromatic carbocycles. The van der Waals surface area contributed by atoms with Crippen LogP contribution in [-0.4, -0.2) is 19.9 Å². The SMILES string of the molecule is Cc1ccc(CNc2ncnc(Nc3ccncc3)c2[N+](=O)[O-])cc1. The van der Waals surface area contributed by atoms with Crippen LogP contribution in [0.2, 0.25) is 0 Å². The summed E-state index contributed by atoms with van der Waals surface area (Å²) in [6.07, 6.45) is 4.46. The van der Waals surface area contributed by atoms with Crippen LogP contribution in [0.5, 0.6) is 0 Å². The molecule has 0 saturated carbocycles. The second-order valence-corrected chi connectivity index (χ2v) is 5.38. The van der Waals surface area contributed by atoms with Crippen LogP contribution >= 0.6 is 0 Å². The van der Waals surface area contributed by atoms with Gasteiger partial charge in [-0.15, -0.1) is 0 Å². The van der Waals surface area contributed by atoms with Crippen molar-refractivity contribution >= 4 is 23.0 Å². The second-order valence-electron chi connectivity index (χ2n) is 5.38. The van der Waals surface area contributed by atoms with Crippen molar-refractivity contribution in [3.63, 3.8) is 0 Å². The maximum Gasteiger partial charge on any atom is 0.353 e. The lowest BCUT2D eigenvalue weighted by Crippen LogP contribution is -2.08. The molecule has 0 aliphatic heterocycles. The average molecular weight is 336 g/mol. The van der Waals surface area contributed by atoms with Crippen LogP contribution in [0.3, 0.4) is 0 Å². The average Bonchev–Trinajstić information content (AvgIpc) is 2.62. The molecule has 8 nitrogen and oxygen atoms in total. The van der Waals surface area contributed by atoms with Gasteiger partial charge in [0.15, 0.2) is 0 Å². The lowest BCUT2D eigenvalue weighted by molar-refractivity contribution is -0.383. The molecule has 0 aliphatic rings. The molecule has 25 heavy (non-hydrogen) atoms. The van der Waals surface area contributed by atoms with E-state index in [4.69, 9.17) is 0 Å². The van der Waals surface area contributed by atoms with Crippen molar-refractivity contribution < 1.29 is 4.92 Å². The van der Waals surface area contributed by atoms with E-state index in [0.717, 1.165) is 11.1 Å². The Kier molecular flexibility index (Phi) is 4.79. The van der Waals surface area contributed by atoms with E-state index in [9.17, 15) is 10.1 Å². The number of nitro groups is 1. The molecule has 0 radical (unpaired) electrons. The zero-order chi connectivity index (χ0) is 17.6. The third-order valence-corrected chi connectivity index (χ3v) is 3.53. The minimum Gasteiger partial charge on any atom is -0.360 e. The fourth-order valence-electron chi connectivity index (χ4n) is 2.24. The maximum absolute atomic E-state index is 11.5. The van der Waals surface area contributed by atoms with E-state index in [0.29, 0.717) is 12.2 Å². The Balaban J connectivity index is 1.84. The van der Waals surface area contributed by atoms with Crippen molar-refractivity contribution in [1.82, 2.24) is 15.0 Å². The van der Waals surface area contributed by atoms with Crippen LogP contribution in [-0.2, 0) is 6.54 Å². The van der Waals surface area contributed by atoms with Crippen LogP contribution in [0, 0.1) is 17.0 Å². The Labute approximate surface area is 144 Å². The van der Waals surface area contributed by atoms with Crippen LogP contribution in [0.4, 0.5) is 23.0 Å². The molecule has 2 aromatic heterocycles. The van der Waals surface area contributed by atoms with E-state index in [1.807, 2.05) is 31.2 Å². The maximum atomic E-state index is 11.5. The van der Waals surface area contributed by atoms with Gasteiger partial charge in [0.2, 0.25) is 11.6 Å². The topological polar surface area (TPSA) is 106 Å². The third-order valence-electron chi connectivity index (χ3n) is 3.53. The van der Waals surface area contributed by atoms with Crippen LogP contribution in [0.1, 0.15) is 11.1 Å². The van der Waals surface area contributed by atoms with E-state index in [1.54, 1.807) is 24.5 Å². The van der Waals surface area contributed by atoms with Gasteiger partial charge in [-0.2, -0.15) is 0 Å². The summed E-state index contributed by atoms with van der Waals surface area (Å²) in [6.45, 7) is 2.43. The smallest absolute Gasteiger partial charge is 0.353 e. The molecule has 0 amide bonds. The number of pyridine rings is 1. The van der Waals surface area contributed by atoms with E-state index >= 15 is 0 Å². The number of rotatable bonds is 6. The van der Waals surface area contributed by atoms with Crippen LogP contribution in [0.15, 0.2) is 55.1 Å². The first-order valence-electron chi connectivity index (χ1n) is 7.59. The number of nitrogens with one attached hydrogen (secondary N) is 2. The Morgan fingerprint density at radius 2 is 1.72 bits per heavy atom. The van der Waals surface area contributed by atoms with Crippen molar-refractivity contribution in [1.29, 1.82) is 0 Å². The number of aryl methyl sites for hydroxylation is 1. The standard InChI is InChI=1S/C17H16N6O2/c1-12-2-4-13(5-3-12)10-19-16-15(23(24)25)17(21-11-20-16)22-14-6-8-18-9-7-14/h2-9,11H,10H2,1H3,(H2,18,19,20,21,22). The van der Waals surface area contributed by atoms with Gasteiger partial charge in [-0.05, 0) is 24.6 Å². The summed E-state index contributed by atoms with van der Waals surface area (Å²) in [5.41, 5.74) is 2.61. The second kappa shape index (κ2) is 7.35. The predicted octanol–water partition coefficient (Wildman–Crippen LogP) is 3.44. The van der Waals surface area contributed by atoms with E-state index in [1.165, 1.54) is 6.33 Å². The van der Waals surface area contributed by atoms with Crippen molar-refractivity contribution in [3.05, 3.63) is 76.4 Å². The van der Waals surface area contributed by atoms with Gasteiger partial charge in [-0.1, -0.05) is 29.8 Å². The first kappa shape index (κ1) is 16.3. The van der Waals surface area contributed by atoms with Gasteiger partial charge in [-0.3, -0.25) is 15.1 Å². The fourth-order valence-corrected chi connectivity index (χ4v) is 2.24. The number of hydrogen-bond acceptors (Lipinski definition) is 7. The molecule has 126 valence electrons. The van der Waals surface area contributed by atoms with Gasteiger partial charge in [-0.25, -0.2) is 9.97 Å². The van der Waals surface area contributed by atoms with Gasteiger partial charge in [0, 0.05) is 24.6 Å². The summed E-state index contributed by atoms with van der Waals surface area (Å²) in [5.74, 6) is 0.287. The highest BCUT2D eigenvalue weighted by Crippen LogP contribution is 2.31. The van der Waals surface area contributed by atoms with Crippen LogP contribution in [0.25, 0.3) is 0 Å². The molecule has 0 aliphatic carbocycles. The molecule has 0 unspecified atom stereocenters. The van der Waals surface area contributed by atoms with Gasteiger partial charge < -0.3 is 10.6 Å². The number of nitrogens with zero attached hydrogens (tertiary/aromatic N) is 4. The van der Waals surface area contributed by atoms with Crippen molar-refractivity contribution in [2.45, 2.75) is 13.5 Å². The number of benzene rings is 1. The largest absolute Gasteiger partial charge is 0.360 e. The van der Waals surface area contributed by atoms with Crippen molar-refractivity contribution in [3.8, 4) is 0 Å². The summed E-state index contributed by atoms with van der Waals surface area (Å²) in [7, 11) is 0. The van der Waals surface area contributed by atoms with Gasteiger partial charge in [0.25, 0.3) is 0 Å². The number of aromatic nitrogens is 3. The molecule has 0 spiro atoms. The highest BCUT2D eigenvalue weighted by Gasteiger charge is 2.23. The molecule has 0 fully saturated rings. The highest BCUT2D eigenvalue weighted by molar-refractivity contribution is 5.73. The molecule has 2 heterocycles. The Bertz CT molecular complexity index is 868. The summed E-state index contributed by atoms with van der Waals surface area (Å²) in [6, 6.07) is 11.3. The van der Waals surface area contributed by atoms with E-state index in [-0.39, 0.29) is 17.3 Å². The predicted molar refractivity (Wildman–Crippen MR) is 94.7 cm³/mol. The lowest BCUT2D eigenvalue weighted by Gasteiger charge is -2.10. The summed E-state index contributed by atoms with van der Waals surface area (Å²) >= 11 is 0. The zero-order valence-electron chi connectivity index (χ0n) is 13.5. The van der Waals surface area contributed by atoms with Gasteiger partial charge >= 0.3 is 5.69 Å². The van der Waals surface area contributed by atoms with Crippen molar-refractivity contribution in [2.24, 2.45) is 0 Å². The molecule has 8 heteroatoms. The van der Waals surface area contributed by atoms with Crippen LogP contribution < -0.4 is 10.6 Å². The number of anilines is 3. The molecular formula is C17H16N6O2. The molecule has 0 atom stereocenters. The number of hydrogen-bond donors (Lipinski definition) is 2. The van der Waals surface area contributed by atoms with E-state index < -0.39 is 4.92 Å². The minimum absolute atomic E-state index is 0.123. The zero-order valence-corrected chi connectivity index (χ0v) is 13.5. The molecule has 3 aromatic rings. The molecular weight excluding hydrogens is 320 g/mol. The molecule has 0 saturated heterocycles. The quantitative estimate of drug-likeness (QED) is 0.524. The minimum atomic E-state index is -0.499. The normalized spacial score (nSPS) is 10.3. The first-order valence-corrected chi connectivity index (χ1v) is 7.59. The Hall–Kier alpha value is -3.55. The summed E-state index contributed by atoms with van der Waals surface area (Å²) in [4.78, 5) is 23.0. The Morgan fingerprint density at radius 1 is 1.04 bits per heavy atom. The summed E-state index contributed by atoms with van der Waals surface area (Å²) < 4.78 is 0. The highest BCUT2D eigenvalue weighted by atomic mass is 16.6. The lowest BCUT2D eigenvalue weighted by atomic mass is 10.1. The fraction of sp³-hybridized carbons (Fsp3) is 0.118. The molecule has 2 N–H and O–H groups in total. The third kappa shape index (κ3) is 4.05. The Morgan fingerprint density at radius 3 is 2.40 bits per heavy atom. The monoisotopic (exact) mass is 336 g/mol. The van der Waals surface area contributed by atoms with E-state index in [2.05, 4.69) is 25.6 Å².